The van der Waals surface area contributed by atoms with E-state index in [-0.39, 0.29) is 5.41 Å². The van der Waals surface area contributed by atoms with Crippen molar-refractivity contribution in [3.05, 3.63) is 41.8 Å². The van der Waals surface area contributed by atoms with Crippen LogP contribution in [-0.2, 0) is 5.41 Å². The van der Waals surface area contributed by atoms with Crippen molar-refractivity contribution < 1.29 is 0 Å². The summed E-state index contributed by atoms with van der Waals surface area (Å²) in [6, 6.07) is 8.71. The normalized spacial score (nSPS) is 11.7. The first-order valence-electron chi connectivity index (χ1n) is 5.48. The molecule has 1 rings (SSSR count). The number of hydrogen-bond acceptors (Lipinski definition) is 0. The Morgan fingerprint density at radius 1 is 1.14 bits per heavy atom. The highest BCUT2D eigenvalue weighted by molar-refractivity contribution is 5.37. The van der Waals surface area contributed by atoms with Crippen LogP contribution in [0.25, 0.3) is 0 Å². The van der Waals surface area contributed by atoms with Crippen molar-refractivity contribution in [3.63, 3.8) is 0 Å². The van der Waals surface area contributed by atoms with Crippen LogP contribution in [0.2, 0.25) is 0 Å². The summed E-state index contributed by atoms with van der Waals surface area (Å²) in [7, 11) is 0. The monoisotopic (exact) mass is 189 g/mol. The molecule has 0 aliphatic heterocycles. The van der Waals surface area contributed by atoms with E-state index in [4.69, 9.17) is 0 Å². The first-order chi connectivity index (χ1) is 6.55. The van der Waals surface area contributed by atoms with Crippen LogP contribution in [0.5, 0.6) is 0 Å². The molecule has 0 spiro atoms. The third-order valence-corrected chi connectivity index (χ3v) is 2.42. The molecular formula is C14H21. The minimum Gasteiger partial charge on any atom is -0.0654 e. The predicted molar refractivity (Wildman–Crippen MR) is 63.5 cm³/mol. The average molecular weight is 189 g/mol. The second-order valence-electron chi connectivity index (χ2n) is 4.83. The SMILES string of the molecule is CCC[CH]c1ccccc1C(C)(C)C. The Morgan fingerprint density at radius 2 is 1.79 bits per heavy atom. The summed E-state index contributed by atoms with van der Waals surface area (Å²) in [4.78, 5) is 0. The lowest BCUT2D eigenvalue weighted by molar-refractivity contribution is 0.586. The maximum atomic E-state index is 2.35. The van der Waals surface area contributed by atoms with Crippen LogP contribution >= 0.6 is 0 Å². The van der Waals surface area contributed by atoms with Crippen LogP contribution in [-0.4, -0.2) is 0 Å². The van der Waals surface area contributed by atoms with Crippen molar-refractivity contribution in [1.82, 2.24) is 0 Å². The van der Waals surface area contributed by atoms with Crippen molar-refractivity contribution in [2.75, 3.05) is 0 Å². The molecule has 0 nitrogen and oxygen atoms in total. The van der Waals surface area contributed by atoms with Crippen molar-refractivity contribution in [1.29, 1.82) is 0 Å². The Hall–Kier alpha value is -0.780. The standard InChI is InChI=1S/C14H21/c1-5-6-9-12-10-7-8-11-13(12)14(2,3)4/h7-11H,5-6H2,1-4H3. The van der Waals surface area contributed by atoms with Crippen molar-refractivity contribution in [2.45, 2.75) is 46.0 Å². The molecule has 0 N–H and O–H groups in total. The highest BCUT2D eigenvalue weighted by atomic mass is 14.2. The minimum absolute atomic E-state index is 0.251. The largest absolute Gasteiger partial charge is 0.0654 e. The van der Waals surface area contributed by atoms with Crippen molar-refractivity contribution in [2.24, 2.45) is 0 Å². The average Bonchev–Trinajstić information content (AvgIpc) is 2.14. The molecule has 0 saturated carbocycles. The van der Waals surface area contributed by atoms with E-state index in [2.05, 4.69) is 58.4 Å². The van der Waals surface area contributed by atoms with Crippen LogP contribution in [0, 0.1) is 6.42 Å². The maximum absolute atomic E-state index is 2.35. The van der Waals surface area contributed by atoms with Crippen LogP contribution in [0.3, 0.4) is 0 Å². The molecule has 0 aromatic heterocycles. The topological polar surface area (TPSA) is 0 Å². The van der Waals surface area contributed by atoms with Gasteiger partial charge < -0.3 is 0 Å². The lowest BCUT2D eigenvalue weighted by Gasteiger charge is -2.22. The predicted octanol–water partition coefficient (Wildman–Crippen LogP) is 4.34. The van der Waals surface area contributed by atoms with Gasteiger partial charge in [-0.1, -0.05) is 58.4 Å². The molecular weight excluding hydrogens is 168 g/mol. The van der Waals surface area contributed by atoms with Gasteiger partial charge in [-0.25, -0.2) is 0 Å². The van der Waals surface area contributed by atoms with Crippen molar-refractivity contribution >= 4 is 0 Å². The molecule has 77 valence electrons. The molecule has 0 saturated heterocycles. The van der Waals surface area contributed by atoms with E-state index in [1.54, 1.807) is 0 Å². The fraction of sp³-hybridized carbons (Fsp3) is 0.500. The van der Waals surface area contributed by atoms with E-state index in [1.807, 2.05) is 0 Å². The summed E-state index contributed by atoms with van der Waals surface area (Å²) in [5.41, 5.74) is 3.11. The number of hydrogen-bond donors (Lipinski definition) is 0. The minimum atomic E-state index is 0.251. The lowest BCUT2D eigenvalue weighted by Crippen LogP contribution is -2.13. The van der Waals surface area contributed by atoms with Gasteiger partial charge in [0.25, 0.3) is 0 Å². The third-order valence-electron chi connectivity index (χ3n) is 2.42. The van der Waals surface area contributed by atoms with E-state index in [0.717, 1.165) is 0 Å². The van der Waals surface area contributed by atoms with Gasteiger partial charge in [0.1, 0.15) is 0 Å². The zero-order valence-corrected chi connectivity index (χ0v) is 9.80. The van der Waals surface area contributed by atoms with E-state index >= 15 is 0 Å². The zero-order valence-electron chi connectivity index (χ0n) is 9.80. The summed E-state index contributed by atoms with van der Waals surface area (Å²) in [5.74, 6) is 0. The maximum Gasteiger partial charge on any atom is -0.00901 e. The smallest absolute Gasteiger partial charge is 0.00901 e. The van der Waals surface area contributed by atoms with Gasteiger partial charge in [0.2, 0.25) is 0 Å². The summed E-state index contributed by atoms with van der Waals surface area (Å²) < 4.78 is 0. The fourth-order valence-corrected chi connectivity index (χ4v) is 1.66. The Bertz CT molecular complexity index is 278. The summed E-state index contributed by atoms with van der Waals surface area (Å²) >= 11 is 0. The molecule has 0 aliphatic carbocycles. The Kier molecular flexibility index (Phi) is 3.74. The number of rotatable bonds is 3. The molecule has 0 bridgehead atoms. The van der Waals surface area contributed by atoms with E-state index in [0.29, 0.717) is 0 Å². The molecule has 1 aromatic rings. The Balaban J connectivity index is 2.92. The van der Waals surface area contributed by atoms with Gasteiger partial charge >= 0.3 is 0 Å². The van der Waals surface area contributed by atoms with Crippen LogP contribution in [0.15, 0.2) is 24.3 Å². The zero-order chi connectivity index (χ0) is 10.6. The van der Waals surface area contributed by atoms with Crippen LogP contribution in [0.4, 0.5) is 0 Å². The van der Waals surface area contributed by atoms with Gasteiger partial charge in [0.15, 0.2) is 0 Å². The summed E-state index contributed by atoms with van der Waals surface area (Å²) in [5, 5.41) is 0. The molecule has 0 aliphatic rings. The molecule has 0 unspecified atom stereocenters. The second-order valence-corrected chi connectivity index (χ2v) is 4.83. The quantitative estimate of drug-likeness (QED) is 0.663. The van der Waals surface area contributed by atoms with Gasteiger partial charge in [-0.3, -0.25) is 0 Å². The first kappa shape index (κ1) is 11.3. The van der Waals surface area contributed by atoms with Crippen LogP contribution < -0.4 is 0 Å². The lowest BCUT2D eigenvalue weighted by atomic mass is 9.82. The summed E-state index contributed by atoms with van der Waals surface area (Å²) in [6.45, 7) is 9.03. The molecule has 0 atom stereocenters. The molecule has 14 heavy (non-hydrogen) atoms. The fourth-order valence-electron chi connectivity index (χ4n) is 1.66. The van der Waals surface area contributed by atoms with Crippen LogP contribution in [0.1, 0.15) is 51.7 Å². The molecule has 0 amide bonds. The number of unbranched alkanes of at least 4 members (excludes halogenated alkanes) is 1. The van der Waals surface area contributed by atoms with E-state index < -0.39 is 0 Å². The van der Waals surface area contributed by atoms with Gasteiger partial charge in [-0.15, -0.1) is 0 Å². The van der Waals surface area contributed by atoms with Gasteiger partial charge in [0, 0.05) is 0 Å². The molecule has 0 heterocycles. The summed E-state index contributed by atoms with van der Waals surface area (Å²) in [6.07, 6.45) is 4.74. The molecule has 1 aromatic carbocycles. The van der Waals surface area contributed by atoms with Gasteiger partial charge in [0.05, 0.1) is 0 Å². The Labute approximate surface area is 88.4 Å². The van der Waals surface area contributed by atoms with Crippen molar-refractivity contribution in [3.8, 4) is 0 Å². The van der Waals surface area contributed by atoms with E-state index in [1.165, 1.54) is 24.0 Å². The second kappa shape index (κ2) is 4.63. The van der Waals surface area contributed by atoms with E-state index in [9.17, 15) is 0 Å². The highest BCUT2D eigenvalue weighted by Gasteiger charge is 2.16. The Morgan fingerprint density at radius 3 is 2.36 bits per heavy atom. The van der Waals surface area contributed by atoms with Gasteiger partial charge in [-0.2, -0.15) is 0 Å². The number of benzene rings is 1. The molecule has 0 heteroatoms. The first-order valence-corrected chi connectivity index (χ1v) is 5.48. The third kappa shape index (κ3) is 2.87. The van der Waals surface area contributed by atoms with Gasteiger partial charge in [-0.05, 0) is 29.4 Å². The molecule has 1 radical (unpaired) electrons. The highest BCUT2D eigenvalue weighted by Crippen LogP contribution is 2.27. The molecule has 0 fully saturated rings.